The maximum Gasteiger partial charge on any atom is 0.311 e. The Morgan fingerprint density at radius 3 is 2.79 bits per heavy atom. The van der Waals surface area contributed by atoms with Crippen LogP contribution in [0, 0.1) is 0 Å². The van der Waals surface area contributed by atoms with Gasteiger partial charge in [0.1, 0.15) is 0 Å². The van der Waals surface area contributed by atoms with Crippen molar-refractivity contribution in [2.24, 2.45) is 0 Å². The molecule has 0 fully saturated rings. The van der Waals surface area contributed by atoms with Crippen LogP contribution in [0.5, 0.6) is 11.5 Å². The number of halogens is 1. The molecule has 0 bridgehead atoms. The lowest BCUT2D eigenvalue weighted by Crippen LogP contribution is -2.07. The average molecular weight is 215 g/mol. The van der Waals surface area contributed by atoms with Crippen LogP contribution in [0.4, 0.5) is 0 Å². The van der Waals surface area contributed by atoms with Crippen LogP contribution in [0.3, 0.4) is 0 Å². The van der Waals surface area contributed by atoms with Crippen molar-refractivity contribution < 1.29 is 14.6 Å². The Morgan fingerprint density at radius 2 is 2.14 bits per heavy atom. The van der Waals surface area contributed by atoms with Crippen LogP contribution in [-0.2, 0) is 4.79 Å². The van der Waals surface area contributed by atoms with Gasteiger partial charge in [-0.15, -0.1) is 11.6 Å². The number of rotatable bonds is 4. The van der Waals surface area contributed by atoms with Crippen LogP contribution in [0.15, 0.2) is 24.3 Å². The second kappa shape index (κ2) is 5.50. The highest BCUT2D eigenvalue weighted by Crippen LogP contribution is 2.24. The number of benzene rings is 1. The van der Waals surface area contributed by atoms with Gasteiger partial charge >= 0.3 is 5.97 Å². The van der Waals surface area contributed by atoms with Crippen molar-refractivity contribution in [3.05, 3.63) is 24.3 Å². The summed E-state index contributed by atoms with van der Waals surface area (Å²) in [5.41, 5.74) is 0. The third kappa shape index (κ3) is 3.26. The highest BCUT2D eigenvalue weighted by Gasteiger charge is 2.07. The number of phenolic OH excluding ortho intramolecular Hbond substituents is 1. The lowest BCUT2D eigenvalue weighted by molar-refractivity contribution is -0.134. The molecule has 0 saturated carbocycles. The molecule has 0 aliphatic heterocycles. The number of para-hydroxylation sites is 2. The van der Waals surface area contributed by atoms with E-state index in [2.05, 4.69) is 0 Å². The lowest BCUT2D eigenvalue weighted by Gasteiger charge is -2.04. The number of carbonyl (C=O) groups excluding carboxylic acids is 1. The van der Waals surface area contributed by atoms with Gasteiger partial charge in [0.15, 0.2) is 11.5 Å². The molecule has 0 spiro atoms. The summed E-state index contributed by atoms with van der Waals surface area (Å²) in [7, 11) is 0. The largest absolute Gasteiger partial charge is 0.504 e. The van der Waals surface area contributed by atoms with Gasteiger partial charge < -0.3 is 9.84 Å². The number of esters is 1. The number of aromatic hydroxyl groups is 1. The topological polar surface area (TPSA) is 46.5 Å². The zero-order chi connectivity index (χ0) is 10.4. The highest BCUT2D eigenvalue weighted by molar-refractivity contribution is 6.17. The predicted octanol–water partition coefficient (Wildman–Crippen LogP) is 2.32. The first-order valence-electron chi connectivity index (χ1n) is 4.28. The molecule has 14 heavy (non-hydrogen) atoms. The van der Waals surface area contributed by atoms with E-state index >= 15 is 0 Å². The molecule has 76 valence electrons. The number of ether oxygens (including phenoxy) is 1. The van der Waals surface area contributed by atoms with Crippen molar-refractivity contribution >= 4 is 17.6 Å². The minimum Gasteiger partial charge on any atom is -0.504 e. The van der Waals surface area contributed by atoms with Crippen LogP contribution in [0.25, 0.3) is 0 Å². The molecular weight excluding hydrogens is 204 g/mol. The standard InChI is InChI=1S/C10H11ClO3/c11-7-3-6-10(13)14-9-5-2-1-4-8(9)12/h1-2,4-5,12H,3,6-7H2. The summed E-state index contributed by atoms with van der Waals surface area (Å²) in [6.07, 6.45) is 0.839. The van der Waals surface area contributed by atoms with E-state index in [1.165, 1.54) is 12.1 Å². The van der Waals surface area contributed by atoms with Crippen molar-refractivity contribution in [2.75, 3.05) is 5.88 Å². The van der Waals surface area contributed by atoms with Gasteiger partial charge in [-0.3, -0.25) is 4.79 Å². The summed E-state index contributed by atoms with van der Waals surface area (Å²) in [4.78, 5) is 11.1. The summed E-state index contributed by atoms with van der Waals surface area (Å²) in [5.74, 6) is 0.196. The van der Waals surface area contributed by atoms with E-state index in [4.69, 9.17) is 16.3 Å². The van der Waals surface area contributed by atoms with Gasteiger partial charge in [0.25, 0.3) is 0 Å². The molecule has 1 rings (SSSR count). The van der Waals surface area contributed by atoms with Gasteiger partial charge in [0.05, 0.1) is 0 Å². The Labute approximate surface area is 87.3 Å². The van der Waals surface area contributed by atoms with Gasteiger partial charge in [0.2, 0.25) is 0 Å². The van der Waals surface area contributed by atoms with Gasteiger partial charge in [-0.2, -0.15) is 0 Å². The molecule has 4 heteroatoms. The van der Waals surface area contributed by atoms with Crippen LogP contribution >= 0.6 is 11.6 Å². The Hall–Kier alpha value is -1.22. The van der Waals surface area contributed by atoms with Crippen LogP contribution in [0.2, 0.25) is 0 Å². The maximum atomic E-state index is 11.1. The third-order valence-electron chi connectivity index (χ3n) is 1.60. The van der Waals surface area contributed by atoms with E-state index in [1.54, 1.807) is 12.1 Å². The van der Waals surface area contributed by atoms with Crippen molar-refractivity contribution in [1.82, 2.24) is 0 Å². The van der Waals surface area contributed by atoms with E-state index in [0.717, 1.165) is 0 Å². The van der Waals surface area contributed by atoms with Crippen LogP contribution < -0.4 is 4.74 Å². The molecular formula is C10H11ClO3. The van der Waals surface area contributed by atoms with E-state index in [0.29, 0.717) is 12.3 Å². The van der Waals surface area contributed by atoms with Crippen molar-refractivity contribution in [3.8, 4) is 11.5 Å². The van der Waals surface area contributed by atoms with Gasteiger partial charge in [0, 0.05) is 12.3 Å². The maximum absolute atomic E-state index is 11.1. The van der Waals surface area contributed by atoms with Crippen molar-refractivity contribution in [2.45, 2.75) is 12.8 Å². The molecule has 1 aromatic carbocycles. The number of hydrogen-bond donors (Lipinski definition) is 1. The minimum absolute atomic E-state index is 0.0354. The summed E-state index contributed by atoms with van der Waals surface area (Å²) >= 11 is 5.42. The lowest BCUT2D eigenvalue weighted by atomic mass is 10.3. The Kier molecular flexibility index (Phi) is 4.26. The minimum atomic E-state index is -0.382. The zero-order valence-electron chi connectivity index (χ0n) is 7.57. The Balaban J connectivity index is 2.52. The predicted molar refractivity (Wildman–Crippen MR) is 53.7 cm³/mol. The Bertz CT molecular complexity index is 312. The molecule has 3 nitrogen and oxygen atoms in total. The first kappa shape index (κ1) is 10.9. The summed E-state index contributed by atoms with van der Waals surface area (Å²) < 4.78 is 4.90. The molecule has 0 aliphatic rings. The molecule has 0 aliphatic carbocycles. The molecule has 0 atom stereocenters. The van der Waals surface area contributed by atoms with E-state index in [-0.39, 0.29) is 23.9 Å². The fraction of sp³-hybridized carbons (Fsp3) is 0.300. The summed E-state index contributed by atoms with van der Waals surface area (Å²) in [6.45, 7) is 0. The van der Waals surface area contributed by atoms with Gasteiger partial charge in [-0.1, -0.05) is 12.1 Å². The molecule has 0 aromatic heterocycles. The van der Waals surface area contributed by atoms with Crippen LogP contribution in [0.1, 0.15) is 12.8 Å². The van der Waals surface area contributed by atoms with Gasteiger partial charge in [-0.25, -0.2) is 0 Å². The SMILES string of the molecule is O=C(CCCCl)Oc1ccccc1O. The third-order valence-corrected chi connectivity index (χ3v) is 1.87. The molecule has 0 heterocycles. The molecule has 0 amide bonds. The smallest absolute Gasteiger partial charge is 0.311 e. The first-order valence-corrected chi connectivity index (χ1v) is 4.82. The molecule has 0 unspecified atom stereocenters. The second-order valence-corrected chi connectivity index (χ2v) is 3.11. The number of alkyl halides is 1. The molecule has 1 aromatic rings. The number of carbonyl (C=O) groups is 1. The summed E-state index contributed by atoms with van der Waals surface area (Å²) in [6, 6.07) is 6.34. The quantitative estimate of drug-likeness (QED) is 0.475. The monoisotopic (exact) mass is 214 g/mol. The fourth-order valence-corrected chi connectivity index (χ4v) is 1.06. The van der Waals surface area contributed by atoms with E-state index < -0.39 is 0 Å². The second-order valence-electron chi connectivity index (χ2n) is 2.73. The van der Waals surface area contributed by atoms with Crippen LogP contribution in [-0.4, -0.2) is 17.0 Å². The Morgan fingerprint density at radius 1 is 1.43 bits per heavy atom. The van der Waals surface area contributed by atoms with Gasteiger partial charge in [-0.05, 0) is 18.6 Å². The number of phenols is 1. The number of hydrogen-bond acceptors (Lipinski definition) is 3. The zero-order valence-corrected chi connectivity index (χ0v) is 8.33. The molecule has 0 radical (unpaired) electrons. The summed E-state index contributed by atoms with van der Waals surface area (Å²) in [5, 5.41) is 9.28. The normalized spacial score (nSPS) is 9.79. The first-order chi connectivity index (χ1) is 6.74. The fourth-order valence-electron chi connectivity index (χ4n) is 0.928. The molecule has 1 N–H and O–H groups in total. The van der Waals surface area contributed by atoms with Crippen molar-refractivity contribution in [3.63, 3.8) is 0 Å². The molecule has 0 saturated heterocycles. The van der Waals surface area contributed by atoms with E-state index in [9.17, 15) is 9.90 Å². The average Bonchev–Trinajstić information content (AvgIpc) is 2.18. The van der Waals surface area contributed by atoms with E-state index in [1.807, 2.05) is 0 Å². The highest BCUT2D eigenvalue weighted by atomic mass is 35.5. The van der Waals surface area contributed by atoms with Crippen molar-refractivity contribution in [1.29, 1.82) is 0 Å².